The van der Waals surface area contributed by atoms with Crippen molar-refractivity contribution in [1.82, 2.24) is 20.5 Å². The zero-order valence-electron chi connectivity index (χ0n) is 17.5. The molecule has 3 N–H and O–H groups in total. The second-order valence-corrected chi connectivity index (χ2v) is 7.79. The highest BCUT2D eigenvalue weighted by molar-refractivity contribution is 14.0. The molecule has 1 fully saturated rings. The molecule has 1 aromatic heterocycles. The third kappa shape index (κ3) is 5.61. The number of nitrogens with zero attached hydrogens (tertiary/aromatic N) is 2. The van der Waals surface area contributed by atoms with Gasteiger partial charge in [-0.3, -0.25) is 9.89 Å². The molecule has 0 bridgehead atoms. The van der Waals surface area contributed by atoms with Crippen LogP contribution in [0.1, 0.15) is 25.1 Å². The summed E-state index contributed by atoms with van der Waals surface area (Å²) in [5, 5.41) is 8.26. The van der Waals surface area contributed by atoms with Gasteiger partial charge in [0.15, 0.2) is 5.96 Å². The number of guanidine groups is 1. The molecule has 0 radical (unpaired) electrons. The van der Waals surface area contributed by atoms with E-state index in [2.05, 4.69) is 70.5 Å². The lowest BCUT2D eigenvalue weighted by Crippen LogP contribution is -2.56. The highest BCUT2D eigenvalue weighted by Gasteiger charge is 2.28. The number of aromatic amines is 1. The molecule has 1 aromatic carbocycles. The first-order valence-electron chi connectivity index (χ1n) is 9.85. The van der Waals surface area contributed by atoms with Gasteiger partial charge < -0.3 is 20.4 Å². The van der Waals surface area contributed by atoms with Gasteiger partial charge >= 0.3 is 0 Å². The van der Waals surface area contributed by atoms with Crippen molar-refractivity contribution in [3.05, 3.63) is 35.5 Å². The van der Waals surface area contributed by atoms with Crippen molar-refractivity contribution in [2.45, 2.75) is 32.7 Å². The number of rotatable bonds is 6. The monoisotopic (exact) mass is 499 g/mol. The Balaban J connectivity index is 0.00000280. The van der Waals surface area contributed by atoms with Gasteiger partial charge in [-0.15, -0.1) is 24.0 Å². The van der Waals surface area contributed by atoms with Crippen LogP contribution in [0.15, 0.2) is 29.3 Å². The number of para-hydroxylation sites is 1. The number of benzene rings is 1. The topological polar surface area (TPSA) is 64.7 Å². The van der Waals surface area contributed by atoms with E-state index in [4.69, 9.17) is 4.74 Å². The molecule has 1 aliphatic rings. The zero-order valence-corrected chi connectivity index (χ0v) is 19.8. The third-order valence-corrected chi connectivity index (χ3v) is 5.47. The molecule has 2 heterocycles. The number of H-pyrrole nitrogens is 1. The van der Waals surface area contributed by atoms with Crippen LogP contribution in [0.3, 0.4) is 0 Å². The standard InChI is InChI=1S/C21H33N5O.HI/c1-16-17(18-7-5-6-8-19(18)25-16)9-10-23-20(22-4)24-15-21(2,3)26-11-13-27-14-12-26;/h5-8,25H,9-15H2,1-4H3,(H2,22,23,24);1H. The Bertz CT molecular complexity index is 780. The van der Waals surface area contributed by atoms with E-state index in [1.54, 1.807) is 0 Å². The Morgan fingerprint density at radius 2 is 1.93 bits per heavy atom. The minimum absolute atomic E-state index is 0. The van der Waals surface area contributed by atoms with Gasteiger partial charge in [0, 0.05) is 55.4 Å². The van der Waals surface area contributed by atoms with Crippen LogP contribution in [-0.4, -0.2) is 67.8 Å². The molecule has 156 valence electrons. The van der Waals surface area contributed by atoms with Crippen molar-refractivity contribution >= 4 is 40.8 Å². The second kappa shape index (κ2) is 10.5. The van der Waals surface area contributed by atoms with Crippen LogP contribution in [0.25, 0.3) is 10.9 Å². The Labute approximate surface area is 185 Å². The SMILES string of the molecule is CN=C(NCCc1c(C)[nH]c2ccccc12)NCC(C)(C)N1CCOCC1.I. The summed E-state index contributed by atoms with van der Waals surface area (Å²) >= 11 is 0. The van der Waals surface area contributed by atoms with Crippen LogP contribution in [0.4, 0.5) is 0 Å². The van der Waals surface area contributed by atoms with Gasteiger partial charge in [-0.25, -0.2) is 0 Å². The van der Waals surface area contributed by atoms with E-state index in [0.717, 1.165) is 51.8 Å². The molecule has 6 nitrogen and oxygen atoms in total. The molecule has 1 saturated heterocycles. The van der Waals surface area contributed by atoms with Crippen molar-refractivity contribution in [1.29, 1.82) is 0 Å². The third-order valence-electron chi connectivity index (χ3n) is 5.47. The predicted molar refractivity (Wildman–Crippen MR) is 128 cm³/mol. The van der Waals surface area contributed by atoms with Crippen molar-refractivity contribution in [3.8, 4) is 0 Å². The van der Waals surface area contributed by atoms with E-state index in [-0.39, 0.29) is 29.5 Å². The quantitative estimate of drug-likeness (QED) is 0.325. The molecular formula is C21H34IN5O. The summed E-state index contributed by atoms with van der Waals surface area (Å²) in [5.41, 5.74) is 3.89. The van der Waals surface area contributed by atoms with Crippen LogP contribution in [0.5, 0.6) is 0 Å². The highest BCUT2D eigenvalue weighted by Crippen LogP contribution is 2.22. The number of aryl methyl sites for hydroxylation is 1. The number of ether oxygens (including phenoxy) is 1. The minimum atomic E-state index is 0. The number of nitrogens with one attached hydrogen (secondary N) is 3. The van der Waals surface area contributed by atoms with Gasteiger partial charge in [0.1, 0.15) is 0 Å². The van der Waals surface area contributed by atoms with Crippen molar-refractivity contribution in [3.63, 3.8) is 0 Å². The molecule has 0 unspecified atom stereocenters. The van der Waals surface area contributed by atoms with Crippen LogP contribution in [-0.2, 0) is 11.2 Å². The van der Waals surface area contributed by atoms with Crippen LogP contribution in [0, 0.1) is 6.92 Å². The fourth-order valence-electron chi connectivity index (χ4n) is 3.76. The molecule has 1 aliphatic heterocycles. The Morgan fingerprint density at radius 3 is 2.64 bits per heavy atom. The van der Waals surface area contributed by atoms with Crippen molar-refractivity contribution in [2.24, 2.45) is 4.99 Å². The Hall–Kier alpha value is -1.32. The number of halogens is 1. The summed E-state index contributed by atoms with van der Waals surface area (Å²) in [5.74, 6) is 0.855. The molecule has 7 heteroatoms. The summed E-state index contributed by atoms with van der Waals surface area (Å²) < 4.78 is 5.47. The zero-order chi connectivity index (χ0) is 19.3. The van der Waals surface area contributed by atoms with Crippen molar-refractivity contribution in [2.75, 3.05) is 46.4 Å². The lowest BCUT2D eigenvalue weighted by molar-refractivity contribution is -0.00833. The average Bonchev–Trinajstić information content (AvgIpc) is 3.00. The number of aromatic nitrogens is 1. The van der Waals surface area contributed by atoms with E-state index in [1.807, 2.05) is 7.05 Å². The molecule has 0 spiro atoms. The van der Waals surface area contributed by atoms with Crippen LogP contribution < -0.4 is 10.6 Å². The van der Waals surface area contributed by atoms with E-state index in [0.29, 0.717) is 0 Å². The molecule has 3 rings (SSSR count). The van der Waals surface area contributed by atoms with Crippen molar-refractivity contribution < 1.29 is 4.74 Å². The molecule has 0 amide bonds. The molecule has 28 heavy (non-hydrogen) atoms. The van der Waals surface area contributed by atoms with E-state index >= 15 is 0 Å². The van der Waals surface area contributed by atoms with Gasteiger partial charge in [0.05, 0.1) is 13.2 Å². The largest absolute Gasteiger partial charge is 0.379 e. The van der Waals surface area contributed by atoms with E-state index in [1.165, 1.54) is 22.2 Å². The molecule has 0 atom stereocenters. The summed E-state index contributed by atoms with van der Waals surface area (Å²) in [7, 11) is 1.83. The first kappa shape index (κ1) is 23.0. The first-order chi connectivity index (χ1) is 13.0. The van der Waals surface area contributed by atoms with Gasteiger partial charge in [-0.1, -0.05) is 18.2 Å². The maximum atomic E-state index is 5.47. The lowest BCUT2D eigenvalue weighted by atomic mass is 10.0. The summed E-state index contributed by atoms with van der Waals surface area (Å²) in [4.78, 5) is 10.3. The highest BCUT2D eigenvalue weighted by atomic mass is 127. The van der Waals surface area contributed by atoms with Crippen LogP contribution in [0.2, 0.25) is 0 Å². The molecular weight excluding hydrogens is 465 g/mol. The summed E-state index contributed by atoms with van der Waals surface area (Å²) in [6.45, 7) is 12.0. The van der Waals surface area contributed by atoms with Gasteiger partial charge in [0.25, 0.3) is 0 Å². The molecule has 2 aromatic rings. The predicted octanol–water partition coefficient (Wildman–Crippen LogP) is 2.91. The fourth-order valence-corrected chi connectivity index (χ4v) is 3.76. The van der Waals surface area contributed by atoms with E-state index < -0.39 is 0 Å². The normalized spacial score (nSPS) is 16.1. The first-order valence-corrected chi connectivity index (χ1v) is 9.85. The van der Waals surface area contributed by atoms with Crippen LogP contribution >= 0.6 is 24.0 Å². The maximum absolute atomic E-state index is 5.47. The smallest absolute Gasteiger partial charge is 0.191 e. The number of hydrogen-bond donors (Lipinski definition) is 3. The summed E-state index contributed by atoms with van der Waals surface area (Å²) in [6.07, 6.45) is 0.962. The molecule has 0 aliphatic carbocycles. The molecule has 0 saturated carbocycles. The number of morpholine rings is 1. The lowest BCUT2D eigenvalue weighted by Gasteiger charge is -2.41. The second-order valence-electron chi connectivity index (χ2n) is 7.79. The van der Waals surface area contributed by atoms with Gasteiger partial charge in [-0.05, 0) is 38.8 Å². The van der Waals surface area contributed by atoms with Gasteiger partial charge in [0.2, 0.25) is 0 Å². The number of aliphatic imine (C=N–C) groups is 1. The fraction of sp³-hybridized carbons (Fsp3) is 0.571. The number of hydrogen-bond acceptors (Lipinski definition) is 3. The maximum Gasteiger partial charge on any atom is 0.191 e. The number of fused-ring (bicyclic) bond motifs is 1. The van der Waals surface area contributed by atoms with Gasteiger partial charge in [-0.2, -0.15) is 0 Å². The Kier molecular flexibility index (Phi) is 8.57. The Morgan fingerprint density at radius 1 is 1.21 bits per heavy atom. The minimum Gasteiger partial charge on any atom is -0.379 e. The van der Waals surface area contributed by atoms with E-state index in [9.17, 15) is 0 Å². The summed E-state index contributed by atoms with van der Waals surface area (Å²) in [6, 6.07) is 8.49. The average molecular weight is 499 g/mol.